The Morgan fingerprint density at radius 1 is 1.18 bits per heavy atom. The van der Waals surface area contributed by atoms with Crippen molar-refractivity contribution in [1.29, 1.82) is 0 Å². The molecule has 0 N–H and O–H groups in total. The first kappa shape index (κ1) is 13.7. The molecule has 0 saturated carbocycles. The monoisotopic (exact) mass is 237 g/mol. The molecule has 0 fully saturated rings. The summed E-state index contributed by atoms with van der Waals surface area (Å²) in [6.45, 7) is 2.86. The van der Waals surface area contributed by atoms with Crippen LogP contribution in [-0.2, 0) is 9.47 Å². The van der Waals surface area contributed by atoms with Crippen LogP contribution in [0.1, 0.15) is 10.4 Å². The topological polar surface area (TPSA) is 38.8 Å². The highest BCUT2D eigenvalue weighted by Crippen LogP contribution is 2.15. The van der Waals surface area contributed by atoms with Gasteiger partial charge < -0.3 is 14.4 Å². The number of hydrogen-bond donors (Lipinski definition) is 0. The van der Waals surface area contributed by atoms with Crippen molar-refractivity contribution in [3.05, 3.63) is 29.8 Å². The quantitative estimate of drug-likeness (QED) is 0.644. The van der Waals surface area contributed by atoms with Gasteiger partial charge in [0, 0.05) is 38.6 Å². The Morgan fingerprint density at radius 2 is 1.82 bits per heavy atom. The number of nitrogens with zero attached hydrogens (tertiary/aromatic N) is 1. The van der Waals surface area contributed by atoms with Crippen molar-refractivity contribution in [2.24, 2.45) is 0 Å². The number of benzene rings is 1. The van der Waals surface area contributed by atoms with Crippen molar-refractivity contribution in [1.82, 2.24) is 0 Å². The van der Waals surface area contributed by atoms with Crippen LogP contribution in [-0.4, -0.2) is 46.8 Å². The van der Waals surface area contributed by atoms with Crippen molar-refractivity contribution in [3.63, 3.8) is 0 Å². The summed E-state index contributed by atoms with van der Waals surface area (Å²) in [5.74, 6) is 0. The summed E-state index contributed by atoms with van der Waals surface area (Å²) < 4.78 is 10.2. The van der Waals surface area contributed by atoms with Crippen LogP contribution in [0.15, 0.2) is 24.3 Å². The molecule has 0 saturated heterocycles. The van der Waals surface area contributed by atoms with Gasteiger partial charge in [0.2, 0.25) is 0 Å². The van der Waals surface area contributed by atoms with Gasteiger partial charge in [-0.2, -0.15) is 0 Å². The molecule has 4 nitrogen and oxygen atoms in total. The van der Waals surface area contributed by atoms with E-state index in [2.05, 4.69) is 4.90 Å². The summed E-state index contributed by atoms with van der Waals surface area (Å²) in [6.07, 6.45) is 0.855. The number of methoxy groups -OCH3 is 2. The Bertz CT molecular complexity index is 333. The van der Waals surface area contributed by atoms with E-state index in [1.807, 2.05) is 18.2 Å². The van der Waals surface area contributed by atoms with Gasteiger partial charge in [0.25, 0.3) is 0 Å². The third kappa shape index (κ3) is 4.54. The molecule has 0 bridgehead atoms. The molecule has 0 spiro atoms. The Kier molecular flexibility index (Phi) is 6.29. The fraction of sp³-hybridized carbons (Fsp3) is 0.462. The molecule has 0 aliphatic heterocycles. The molecule has 4 heteroatoms. The molecule has 0 heterocycles. The van der Waals surface area contributed by atoms with Gasteiger partial charge >= 0.3 is 0 Å². The molecule has 94 valence electrons. The molecule has 17 heavy (non-hydrogen) atoms. The van der Waals surface area contributed by atoms with Crippen molar-refractivity contribution < 1.29 is 14.3 Å². The number of aldehydes is 1. The zero-order valence-electron chi connectivity index (χ0n) is 10.4. The minimum atomic E-state index is 0.648. The molecule has 0 amide bonds. The van der Waals surface area contributed by atoms with E-state index in [1.165, 1.54) is 0 Å². The summed E-state index contributed by atoms with van der Waals surface area (Å²) in [6, 6.07) is 7.53. The van der Waals surface area contributed by atoms with E-state index in [4.69, 9.17) is 9.47 Å². The van der Waals surface area contributed by atoms with E-state index in [9.17, 15) is 4.79 Å². The second-order valence-corrected chi connectivity index (χ2v) is 3.69. The average Bonchev–Trinajstić information content (AvgIpc) is 2.39. The molecule has 0 aliphatic carbocycles. The lowest BCUT2D eigenvalue weighted by molar-refractivity contribution is 0.112. The number of carbonyl (C=O) groups is 1. The van der Waals surface area contributed by atoms with Crippen molar-refractivity contribution in [2.75, 3.05) is 45.4 Å². The summed E-state index contributed by atoms with van der Waals surface area (Å²) in [4.78, 5) is 12.9. The van der Waals surface area contributed by atoms with Crippen LogP contribution < -0.4 is 4.90 Å². The van der Waals surface area contributed by atoms with Gasteiger partial charge in [-0.3, -0.25) is 4.79 Å². The fourth-order valence-electron chi connectivity index (χ4n) is 1.57. The van der Waals surface area contributed by atoms with E-state index in [-0.39, 0.29) is 0 Å². The smallest absolute Gasteiger partial charge is 0.150 e. The van der Waals surface area contributed by atoms with Gasteiger partial charge in [0.05, 0.1) is 13.2 Å². The number of rotatable bonds is 8. The minimum absolute atomic E-state index is 0.648. The first-order valence-electron chi connectivity index (χ1n) is 5.60. The van der Waals surface area contributed by atoms with Gasteiger partial charge in [-0.15, -0.1) is 0 Å². The number of carbonyl (C=O) groups excluding carboxylic acids is 1. The maximum atomic E-state index is 10.7. The van der Waals surface area contributed by atoms with E-state index in [0.717, 1.165) is 25.1 Å². The predicted molar refractivity (Wildman–Crippen MR) is 67.8 cm³/mol. The van der Waals surface area contributed by atoms with Crippen LogP contribution in [0.25, 0.3) is 0 Å². The van der Waals surface area contributed by atoms with E-state index in [0.29, 0.717) is 18.8 Å². The Morgan fingerprint density at radius 3 is 2.35 bits per heavy atom. The lowest BCUT2D eigenvalue weighted by Gasteiger charge is -2.24. The maximum Gasteiger partial charge on any atom is 0.150 e. The van der Waals surface area contributed by atoms with Crippen LogP contribution in [0.5, 0.6) is 0 Å². The molecule has 0 aliphatic rings. The van der Waals surface area contributed by atoms with Crippen LogP contribution in [0.4, 0.5) is 5.69 Å². The molecular formula is C13H19NO3. The van der Waals surface area contributed by atoms with Crippen LogP contribution in [0, 0.1) is 0 Å². The van der Waals surface area contributed by atoms with E-state index >= 15 is 0 Å². The molecule has 0 atom stereocenters. The second-order valence-electron chi connectivity index (χ2n) is 3.69. The minimum Gasteiger partial charge on any atom is -0.383 e. The summed E-state index contributed by atoms with van der Waals surface area (Å²) >= 11 is 0. The molecule has 1 rings (SSSR count). The Hall–Kier alpha value is -1.39. The molecule has 1 aromatic rings. The number of ether oxygens (including phenoxy) is 2. The lowest BCUT2D eigenvalue weighted by Crippen LogP contribution is -2.30. The van der Waals surface area contributed by atoms with E-state index in [1.54, 1.807) is 20.3 Å². The summed E-state index contributed by atoms with van der Waals surface area (Å²) in [5.41, 5.74) is 1.70. The van der Waals surface area contributed by atoms with Crippen LogP contribution in [0.2, 0.25) is 0 Å². The third-order valence-electron chi connectivity index (χ3n) is 2.50. The summed E-state index contributed by atoms with van der Waals surface area (Å²) in [5, 5.41) is 0. The van der Waals surface area contributed by atoms with Crippen LogP contribution >= 0.6 is 0 Å². The predicted octanol–water partition coefficient (Wildman–Crippen LogP) is 1.60. The zero-order valence-corrected chi connectivity index (χ0v) is 10.4. The maximum absolute atomic E-state index is 10.7. The molecule has 0 aromatic heterocycles. The van der Waals surface area contributed by atoms with Crippen molar-refractivity contribution in [2.45, 2.75) is 0 Å². The van der Waals surface area contributed by atoms with Crippen molar-refractivity contribution >= 4 is 12.0 Å². The Labute approximate surface area is 102 Å². The Balaban J connectivity index is 2.74. The van der Waals surface area contributed by atoms with E-state index < -0.39 is 0 Å². The molecule has 1 aromatic carbocycles. The van der Waals surface area contributed by atoms with Gasteiger partial charge in [0.15, 0.2) is 0 Å². The highest BCUT2D eigenvalue weighted by atomic mass is 16.5. The number of hydrogen-bond acceptors (Lipinski definition) is 4. The van der Waals surface area contributed by atoms with Gasteiger partial charge in [-0.05, 0) is 12.1 Å². The highest BCUT2D eigenvalue weighted by molar-refractivity contribution is 5.77. The average molecular weight is 237 g/mol. The normalized spacial score (nSPS) is 10.2. The van der Waals surface area contributed by atoms with Crippen molar-refractivity contribution in [3.8, 4) is 0 Å². The molecule has 0 unspecified atom stereocenters. The number of anilines is 1. The van der Waals surface area contributed by atoms with Gasteiger partial charge in [0.1, 0.15) is 6.29 Å². The van der Waals surface area contributed by atoms with Gasteiger partial charge in [-0.1, -0.05) is 12.1 Å². The first-order valence-corrected chi connectivity index (χ1v) is 5.60. The zero-order chi connectivity index (χ0) is 12.5. The van der Waals surface area contributed by atoms with Crippen LogP contribution in [0.3, 0.4) is 0 Å². The summed E-state index contributed by atoms with van der Waals surface area (Å²) in [7, 11) is 3.35. The molecular weight excluding hydrogens is 218 g/mol. The largest absolute Gasteiger partial charge is 0.383 e. The van der Waals surface area contributed by atoms with Gasteiger partial charge in [-0.25, -0.2) is 0 Å². The fourth-order valence-corrected chi connectivity index (χ4v) is 1.57. The third-order valence-corrected chi connectivity index (χ3v) is 2.50. The standard InChI is InChI=1S/C13H19NO3/c1-16-8-6-14(7-9-17-2)13-5-3-4-12(10-13)11-15/h3-5,10-11H,6-9H2,1-2H3. The first-order chi connectivity index (χ1) is 8.31. The SMILES string of the molecule is COCCN(CCOC)c1cccc(C=O)c1. The second kappa shape index (κ2) is 7.81. The molecule has 0 radical (unpaired) electrons. The highest BCUT2D eigenvalue weighted by Gasteiger charge is 2.06. The lowest BCUT2D eigenvalue weighted by atomic mass is 10.2.